The summed E-state index contributed by atoms with van der Waals surface area (Å²) in [5.41, 5.74) is 3.02. The molecule has 6 heteroatoms. The maximum absolute atomic E-state index is 12.4. The van der Waals surface area contributed by atoms with Crippen LogP contribution in [0.25, 0.3) is 5.65 Å². The molecule has 5 nitrogen and oxygen atoms in total. The van der Waals surface area contributed by atoms with E-state index >= 15 is 0 Å². The van der Waals surface area contributed by atoms with Crippen molar-refractivity contribution in [3.8, 4) is 0 Å². The lowest BCUT2D eigenvalue weighted by Gasteiger charge is -2.06. The molecule has 1 N–H and O–H groups in total. The van der Waals surface area contributed by atoms with Crippen LogP contribution in [-0.2, 0) is 11.3 Å². The number of hydrogen-bond donors (Lipinski definition) is 1. The molecule has 1 saturated heterocycles. The van der Waals surface area contributed by atoms with Crippen LogP contribution in [0.3, 0.4) is 0 Å². The van der Waals surface area contributed by atoms with Gasteiger partial charge < -0.3 is 14.5 Å². The lowest BCUT2D eigenvalue weighted by Crippen LogP contribution is -2.22. The molecule has 1 atom stereocenters. The van der Waals surface area contributed by atoms with Crippen molar-refractivity contribution >= 4 is 22.9 Å². The number of nitrogens with zero attached hydrogens (tertiary/aromatic N) is 2. The molecule has 1 amide bonds. The molecule has 3 aromatic rings. The molecule has 1 fully saturated rings. The first kappa shape index (κ1) is 15.4. The highest BCUT2D eigenvalue weighted by Crippen LogP contribution is 2.33. The van der Waals surface area contributed by atoms with Crippen molar-refractivity contribution in [3.05, 3.63) is 57.7 Å². The molecule has 1 aliphatic heterocycles. The molecule has 24 heavy (non-hydrogen) atoms. The Labute approximate surface area is 144 Å². The van der Waals surface area contributed by atoms with E-state index in [-0.39, 0.29) is 12.0 Å². The number of pyridine rings is 1. The van der Waals surface area contributed by atoms with E-state index in [4.69, 9.17) is 4.74 Å². The van der Waals surface area contributed by atoms with Crippen LogP contribution in [-0.4, -0.2) is 21.9 Å². The first-order chi connectivity index (χ1) is 11.7. The molecular formula is C18H19N3O2S. The maximum atomic E-state index is 12.4. The fourth-order valence-corrected chi connectivity index (χ4v) is 4.05. The zero-order valence-corrected chi connectivity index (χ0v) is 14.3. The monoisotopic (exact) mass is 341 g/mol. The quantitative estimate of drug-likeness (QED) is 0.790. The Morgan fingerprint density at radius 1 is 1.46 bits per heavy atom. The minimum atomic E-state index is -0.0492. The Morgan fingerprint density at radius 3 is 3.21 bits per heavy atom. The molecule has 4 rings (SSSR count). The number of ether oxygens (including phenoxy) is 1. The van der Waals surface area contributed by atoms with E-state index in [9.17, 15) is 4.79 Å². The standard InChI is InChI=1S/C18H19N3O2S/c1-12-4-2-8-21-13(10-19-17(12)21)11-20-18(22)16-7-6-15(24-16)14-5-3-9-23-14/h2,4,6-8,10,14H,3,5,9,11H2,1H3,(H,20,22). The van der Waals surface area contributed by atoms with Gasteiger partial charge in [0.1, 0.15) is 5.65 Å². The van der Waals surface area contributed by atoms with E-state index in [0.29, 0.717) is 6.54 Å². The average molecular weight is 341 g/mol. The molecular weight excluding hydrogens is 322 g/mol. The summed E-state index contributed by atoms with van der Waals surface area (Å²) in [4.78, 5) is 18.7. The van der Waals surface area contributed by atoms with Crippen molar-refractivity contribution in [1.82, 2.24) is 14.7 Å². The van der Waals surface area contributed by atoms with E-state index in [0.717, 1.165) is 46.1 Å². The number of hydrogen-bond acceptors (Lipinski definition) is 4. The first-order valence-electron chi connectivity index (χ1n) is 8.13. The number of rotatable bonds is 4. The van der Waals surface area contributed by atoms with Gasteiger partial charge in [-0.2, -0.15) is 0 Å². The first-order valence-corrected chi connectivity index (χ1v) is 8.95. The Kier molecular flexibility index (Phi) is 4.08. The van der Waals surface area contributed by atoms with Crippen LogP contribution < -0.4 is 5.32 Å². The molecule has 0 saturated carbocycles. The molecule has 4 heterocycles. The topological polar surface area (TPSA) is 55.6 Å². The highest BCUT2D eigenvalue weighted by atomic mass is 32.1. The highest BCUT2D eigenvalue weighted by Gasteiger charge is 2.21. The number of carbonyl (C=O) groups excluding carboxylic acids is 1. The number of nitrogens with one attached hydrogen (secondary N) is 1. The number of imidazole rings is 1. The van der Waals surface area contributed by atoms with Crippen LogP contribution in [0.5, 0.6) is 0 Å². The van der Waals surface area contributed by atoms with Gasteiger partial charge in [0.25, 0.3) is 5.91 Å². The van der Waals surface area contributed by atoms with Gasteiger partial charge >= 0.3 is 0 Å². The smallest absolute Gasteiger partial charge is 0.261 e. The third kappa shape index (κ3) is 2.83. The molecule has 0 radical (unpaired) electrons. The van der Waals surface area contributed by atoms with E-state index in [1.807, 2.05) is 48.0 Å². The number of aryl methyl sites for hydroxylation is 1. The fourth-order valence-electron chi connectivity index (χ4n) is 3.04. The summed E-state index contributed by atoms with van der Waals surface area (Å²) in [6.45, 7) is 3.30. The highest BCUT2D eigenvalue weighted by molar-refractivity contribution is 7.14. The molecule has 0 aliphatic carbocycles. The summed E-state index contributed by atoms with van der Waals surface area (Å²) >= 11 is 1.52. The number of fused-ring (bicyclic) bond motifs is 1. The van der Waals surface area contributed by atoms with Gasteiger partial charge in [-0.25, -0.2) is 4.98 Å². The maximum Gasteiger partial charge on any atom is 0.261 e. The van der Waals surface area contributed by atoms with Gasteiger partial charge in [-0.1, -0.05) is 6.07 Å². The van der Waals surface area contributed by atoms with Crippen molar-refractivity contribution in [2.45, 2.75) is 32.4 Å². The molecule has 124 valence electrons. The number of amides is 1. The van der Waals surface area contributed by atoms with Crippen molar-refractivity contribution in [3.63, 3.8) is 0 Å². The van der Waals surface area contributed by atoms with Gasteiger partial charge in [0, 0.05) is 17.7 Å². The molecule has 3 aromatic heterocycles. The minimum Gasteiger partial charge on any atom is -0.373 e. The van der Waals surface area contributed by atoms with Crippen LogP contribution >= 0.6 is 11.3 Å². The van der Waals surface area contributed by atoms with Crippen LogP contribution in [0.1, 0.15) is 44.8 Å². The third-order valence-electron chi connectivity index (χ3n) is 4.34. The van der Waals surface area contributed by atoms with Gasteiger partial charge in [-0.15, -0.1) is 11.3 Å². The summed E-state index contributed by atoms with van der Waals surface area (Å²) in [6, 6.07) is 7.91. The zero-order chi connectivity index (χ0) is 16.5. The number of carbonyl (C=O) groups is 1. The Hall–Kier alpha value is -2.18. The van der Waals surface area contributed by atoms with Crippen molar-refractivity contribution < 1.29 is 9.53 Å². The summed E-state index contributed by atoms with van der Waals surface area (Å²) in [7, 11) is 0. The summed E-state index contributed by atoms with van der Waals surface area (Å²) in [6.07, 6.45) is 6.09. The van der Waals surface area contributed by atoms with Gasteiger partial charge in [-0.3, -0.25) is 4.79 Å². The van der Waals surface area contributed by atoms with Gasteiger partial charge in [0.2, 0.25) is 0 Å². The predicted molar refractivity (Wildman–Crippen MR) is 93.3 cm³/mol. The second-order valence-electron chi connectivity index (χ2n) is 6.02. The van der Waals surface area contributed by atoms with Crippen LogP contribution in [0.4, 0.5) is 0 Å². The SMILES string of the molecule is Cc1cccn2c(CNC(=O)c3ccc(C4CCCO4)s3)cnc12. The second kappa shape index (κ2) is 6.37. The summed E-state index contributed by atoms with van der Waals surface area (Å²) in [5, 5.41) is 2.99. The van der Waals surface area contributed by atoms with E-state index in [1.165, 1.54) is 11.3 Å². The normalized spacial score (nSPS) is 17.5. The largest absolute Gasteiger partial charge is 0.373 e. The Balaban J connectivity index is 1.45. The number of thiophene rings is 1. The van der Waals surface area contributed by atoms with Gasteiger partial charge in [0.05, 0.1) is 29.4 Å². The van der Waals surface area contributed by atoms with E-state index < -0.39 is 0 Å². The van der Waals surface area contributed by atoms with Crippen molar-refractivity contribution in [2.75, 3.05) is 6.61 Å². The molecule has 1 unspecified atom stereocenters. The lowest BCUT2D eigenvalue weighted by atomic mass is 10.2. The molecule has 0 spiro atoms. The third-order valence-corrected chi connectivity index (χ3v) is 5.51. The minimum absolute atomic E-state index is 0.0492. The van der Waals surface area contributed by atoms with Crippen LogP contribution in [0.15, 0.2) is 36.7 Å². The Morgan fingerprint density at radius 2 is 2.38 bits per heavy atom. The fraction of sp³-hybridized carbons (Fsp3) is 0.333. The molecule has 0 aromatic carbocycles. The van der Waals surface area contributed by atoms with E-state index in [1.54, 1.807) is 0 Å². The van der Waals surface area contributed by atoms with Gasteiger partial charge in [-0.05, 0) is 43.5 Å². The molecule has 1 aliphatic rings. The lowest BCUT2D eigenvalue weighted by molar-refractivity contribution is 0.0954. The summed E-state index contributed by atoms with van der Waals surface area (Å²) in [5.74, 6) is -0.0492. The van der Waals surface area contributed by atoms with E-state index in [2.05, 4.69) is 10.3 Å². The van der Waals surface area contributed by atoms with Crippen molar-refractivity contribution in [1.29, 1.82) is 0 Å². The Bertz CT molecular complexity index is 877. The van der Waals surface area contributed by atoms with Crippen LogP contribution in [0.2, 0.25) is 0 Å². The van der Waals surface area contributed by atoms with Crippen LogP contribution in [0, 0.1) is 6.92 Å². The summed E-state index contributed by atoms with van der Waals surface area (Å²) < 4.78 is 7.69. The zero-order valence-electron chi connectivity index (χ0n) is 13.5. The predicted octanol–water partition coefficient (Wildman–Crippen LogP) is 3.49. The second-order valence-corrected chi connectivity index (χ2v) is 7.14. The average Bonchev–Trinajstić information content (AvgIpc) is 3.32. The van der Waals surface area contributed by atoms with Crippen molar-refractivity contribution in [2.24, 2.45) is 0 Å². The molecule has 0 bridgehead atoms. The number of aromatic nitrogens is 2. The van der Waals surface area contributed by atoms with Gasteiger partial charge in [0.15, 0.2) is 0 Å².